The Morgan fingerprint density at radius 1 is 1.37 bits per heavy atom. The smallest absolute Gasteiger partial charge is 0.328 e. The molecule has 1 aromatic rings. The molecule has 106 valence electrons. The summed E-state index contributed by atoms with van der Waals surface area (Å²) >= 11 is 5.37. The monoisotopic (exact) mass is 297 g/mol. The maximum atomic E-state index is 13.6. The molecule has 0 aliphatic carbocycles. The van der Waals surface area contributed by atoms with Crippen molar-refractivity contribution in [1.29, 1.82) is 0 Å². The molecule has 0 radical (unpaired) electrons. The number of hydrogen-bond acceptors (Lipinski definition) is 1. The van der Waals surface area contributed by atoms with Crippen molar-refractivity contribution >= 4 is 17.5 Å². The molecular formula is C12H12ClF4NO. The average molecular weight is 298 g/mol. The Morgan fingerprint density at radius 3 is 2.47 bits per heavy atom. The number of alkyl halides is 4. The van der Waals surface area contributed by atoms with Crippen LogP contribution in [-0.4, -0.2) is 36.0 Å². The second kappa shape index (κ2) is 6.23. The van der Waals surface area contributed by atoms with Crippen LogP contribution in [0.25, 0.3) is 0 Å². The highest BCUT2D eigenvalue weighted by Gasteiger charge is 2.33. The molecule has 0 aliphatic rings. The molecule has 7 heteroatoms. The lowest BCUT2D eigenvalue weighted by molar-refractivity contribution is -0.140. The van der Waals surface area contributed by atoms with Gasteiger partial charge in [0, 0.05) is 12.4 Å². The first kappa shape index (κ1) is 15.8. The van der Waals surface area contributed by atoms with E-state index in [4.69, 9.17) is 11.6 Å². The molecule has 2 nitrogen and oxygen atoms in total. The van der Waals surface area contributed by atoms with Crippen LogP contribution in [0.2, 0.25) is 0 Å². The fourth-order valence-corrected chi connectivity index (χ4v) is 1.74. The lowest BCUT2D eigenvalue weighted by atomic mass is 10.1. The molecule has 0 fully saturated rings. The summed E-state index contributed by atoms with van der Waals surface area (Å²) in [5.74, 6) is -2.02. The topological polar surface area (TPSA) is 20.3 Å². The zero-order valence-corrected chi connectivity index (χ0v) is 10.9. The standard InChI is InChI=1S/C12H12ClF4NO/c1-8-2-3-9(10(14)6-8)11(19)18(5-4-13)7-12(15,16)17/h2-3,6H,4-5,7H2,1H3. The van der Waals surface area contributed by atoms with Gasteiger partial charge in [-0.15, -0.1) is 11.6 Å². The van der Waals surface area contributed by atoms with E-state index in [0.29, 0.717) is 10.5 Å². The van der Waals surface area contributed by atoms with Gasteiger partial charge in [0.05, 0.1) is 5.56 Å². The van der Waals surface area contributed by atoms with Crippen LogP contribution in [-0.2, 0) is 0 Å². The molecule has 0 saturated carbocycles. The number of halogens is 5. The summed E-state index contributed by atoms with van der Waals surface area (Å²) in [6.45, 7) is -0.136. The molecule has 1 amide bonds. The summed E-state index contributed by atoms with van der Waals surface area (Å²) in [6, 6.07) is 3.73. The second-order valence-corrected chi connectivity index (χ2v) is 4.39. The fourth-order valence-electron chi connectivity index (χ4n) is 1.53. The van der Waals surface area contributed by atoms with Crippen LogP contribution in [0.15, 0.2) is 18.2 Å². The zero-order valence-electron chi connectivity index (χ0n) is 10.1. The van der Waals surface area contributed by atoms with Crippen molar-refractivity contribution in [3.8, 4) is 0 Å². The van der Waals surface area contributed by atoms with E-state index in [1.807, 2.05) is 0 Å². The minimum Gasteiger partial charge on any atom is -0.328 e. The average Bonchev–Trinajstić information content (AvgIpc) is 2.26. The largest absolute Gasteiger partial charge is 0.406 e. The maximum Gasteiger partial charge on any atom is 0.406 e. The zero-order chi connectivity index (χ0) is 14.6. The summed E-state index contributed by atoms with van der Waals surface area (Å²) in [6.07, 6.45) is -4.55. The molecule has 19 heavy (non-hydrogen) atoms. The van der Waals surface area contributed by atoms with E-state index in [-0.39, 0.29) is 18.0 Å². The summed E-state index contributed by atoms with van der Waals surface area (Å²) in [7, 11) is 0. The summed E-state index contributed by atoms with van der Waals surface area (Å²) in [5, 5.41) is 0. The Hall–Kier alpha value is -1.30. The van der Waals surface area contributed by atoms with E-state index in [0.717, 1.165) is 6.07 Å². The molecule has 1 rings (SSSR count). The molecule has 0 unspecified atom stereocenters. The van der Waals surface area contributed by atoms with Crippen LogP contribution in [0, 0.1) is 12.7 Å². The molecule has 0 aromatic heterocycles. The lowest BCUT2D eigenvalue weighted by Gasteiger charge is -2.23. The minimum absolute atomic E-state index is 0.157. The Morgan fingerprint density at radius 2 is 2.00 bits per heavy atom. The van der Waals surface area contributed by atoms with Crippen molar-refractivity contribution in [1.82, 2.24) is 4.90 Å². The first-order valence-corrected chi connectivity index (χ1v) is 5.96. The van der Waals surface area contributed by atoms with E-state index < -0.39 is 24.4 Å². The van der Waals surface area contributed by atoms with Gasteiger partial charge < -0.3 is 4.90 Å². The SMILES string of the molecule is Cc1ccc(C(=O)N(CCCl)CC(F)(F)F)c(F)c1. The number of hydrogen-bond donors (Lipinski definition) is 0. The number of amides is 1. The third-order valence-corrected chi connectivity index (χ3v) is 2.54. The second-order valence-electron chi connectivity index (χ2n) is 4.01. The van der Waals surface area contributed by atoms with Crippen molar-refractivity contribution in [3.05, 3.63) is 35.1 Å². The minimum atomic E-state index is -4.55. The van der Waals surface area contributed by atoms with Crippen LogP contribution < -0.4 is 0 Å². The van der Waals surface area contributed by atoms with Gasteiger partial charge in [-0.05, 0) is 24.6 Å². The molecule has 1 aromatic carbocycles. The molecule has 0 bridgehead atoms. The van der Waals surface area contributed by atoms with Crippen molar-refractivity contribution in [2.45, 2.75) is 13.1 Å². The van der Waals surface area contributed by atoms with E-state index in [2.05, 4.69) is 0 Å². The Bertz CT molecular complexity index is 462. The predicted molar refractivity (Wildman–Crippen MR) is 63.8 cm³/mol. The number of carbonyl (C=O) groups excluding carboxylic acids is 1. The Balaban J connectivity index is 2.99. The van der Waals surface area contributed by atoms with Gasteiger partial charge in [-0.1, -0.05) is 6.07 Å². The predicted octanol–water partition coefficient (Wildman–Crippen LogP) is 3.38. The van der Waals surface area contributed by atoms with Gasteiger partial charge >= 0.3 is 6.18 Å². The molecule has 0 N–H and O–H groups in total. The third kappa shape index (κ3) is 4.70. The van der Waals surface area contributed by atoms with Gasteiger partial charge in [0.1, 0.15) is 12.4 Å². The highest BCUT2D eigenvalue weighted by Crippen LogP contribution is 2.19. The third-order valence-electron chi connectivity index (χ3n) is 2.37. The van der Waals surface area contributed by atoms with Crippen LogP contribution in [0.3, 0.4) is 0 Å². The maximum absolute atomic E-state index is 13.6. The van der Waals surface area contributed by atoms with Crippen LogP contribution in [0.5, 0.6) is 0 Å². The van der Waals surface area contributed by atoms with Crippen molar-refractivity contribution in [2.75, 3.05) is 19.0 Å². The van der Waals surface area contributed by atoms with Crippen molar-refractivity contribution < 1.29 is 22.4 Å². The van der Waals surface area contributed by atoms with Crippen LogP contribution in [0.1, 0.15) is 15.9 Å². The molecule has 0 atom stereocenters. The lowest BCUT2D eigenvalue weighted by Crippen LogP contribution is -2.40. The van der Waals surface area contributed by atoms with E-state index in [1.54, 1.807) is 6.92 Å². The first-order chi connectivity index (χ1) is 8.74. The van der Waals surface area contributed by atoms with Gasteiger partial charge in [-0.2, -0.15) is 13.2 Å². The quantitative estimate of drug-likeness (QED) is 0.616. The summed E-state index contributed by atoms with van der Waals surface area (Å²) in [5.41, 5.74) is 0.189. The van der Waals surface area contributed by atoms with Gasteiger partial charge in [0.15, 0.2) is 0 Å². The summed E-state index contributed by atoms with van der Waals surface area (Å²) < 4.78 is 50.6. The van der Waals surface area contributed by atoms with Crippen molar-refractivity contribution in [2.24, 2.45) is 0 Å². The van der Waals surface area contributed by atoms with Gasteiger partial charge in [0.25, 0.3) is 5.91 Å². The van der Waals surface area contributed by atoms with Crippen molar-refractivity contribution in [3.63, 3.8) is 0 Å². The number of carbonyl (C=O) groups is 1. The van der Waals surface area contributed by atoms with Crippen LogP contribution >= 0.6 is 11.6 Å². The highest BCUT2D eigenvalue weighted by atomic mass is 35.5. The molecule has 0 heterocycles. The van der Waals surface area contributed by atoms with E-state index >= 15 is 0 Å². The number of rotatable bonds is 4. The Labute approximate surface area is 113 Å². The molecule has 0 aliphatic heterocycles. The van der Waals surface area contributed by atoms with Gasteiger partial charge in [-0.25, -0.2) is 4.39 Å². The highest BCUT2D eigenvalue weighted by molar-refractivity contribution is 6.18. The fraction of sp³-hybridized carbons (Fsp3) is 0.417. The van der Waals surface area contributed by atoms with Gasteiger partial charge in [-0.3, -0.25) is 4.79 Å². The molecule has 0 spiro atoms. The number of nitrogens with zero attached hydrogens (tertiary/aromatic N) is 1. The number of benzene rings is 1. The van der Waals surface area contributed by atoms with Gasteiger partial charge in [0.2, 0.25) is 0 Å². The van der Waals surface area contributed by atoms with Crippen LogP contribution in [0.4, 0.5) is 17.6 Å². The Kier molecular flexibility index (Phi) is 5.17. The first-order valence-electron chi connectivity index (χ1n) is 5.42. The molecule has 0 saturated heterocycles. The molecular weight excluding hydrogens is 286 g/mol. The van der Waals surface area contributed by atoms with E-state index in [9.17, 15) is 22.4 Å². The normalized spacial score (nSPS) is 11.5. The number of aryl methyl sites for hydroxylation is 1. The summed E-state index contributed by atoms with van der Waals surface area (Å²) in [4.78, 5) is 12.4. The van der Waals surface area contributed by atoms with E-state index in [1.165, 1.54) is 12.1 Å².